The highest BCUT2D eigenvalue weighted by Crippen LogP contribution is 2.16. The zero-order valence-electron chi connectivity index (χ0n) is 11.8. The predicted octanol–water partition coefficient (Wildman–Crippen LogP) is 2.05. The van der Waals surface area contributed by atoms with E-state index in [1.54, 1.807) is 0 Å². The maximum Gasteiger partial charge on any atom is 0.320 e. The van der Waals surface area contributed by atoms with E-state index in [-0.39, 0.29) is 6.61 Å². The van der Waals surface area contributed by atoms with E-state index in [1.807, 2.05) is 24.3 Å². The van der Waals surface area contributed by atoms with Crippen LogP contribution >= 0.6 is 0 Å². The maximum atomic E-state index is 8.97. The number of anilines is 2. The molecule has 2 rings (SSSR count). The van der Waals surface area contributed by atoms with Gasteiger partial charge in [-0.3, -0.25) is 0 Å². The zero-order valence-corrected chi connectivity index (χ0v) is 11.8. The van der Waals surface area contributed by atoms with E-state index in [1.165, 1.54) is 0 Å². The number of nitrogens with zero attached hydrogens (tertiary/aromatic N) is 2. The molecule has 0 saturated heterocycles. The Balaban J connectivity index is 1.88. The number of aromatic nitrogens is 2. The van der Waals surface area contributed by atoms with Crippen molar-refractivity contribution < 1.29 is 9.52 Å². The molecule has 0 radical (unpaired) electrons. The van der Waals surface area contributed by atoms with Gasteiger partial charge in [-0.15, -0.1) is 5.10 Å². The standard InChI is InChI=1S/C14H20N4O2/c1-10(2)7-15-8-13-17-18-14(20-13)16-12-5-3-11(9-19)4-6-12/h3-6,10,15,19H,7-9H2,1-2H3,(H,16,18). The molecule has 0 bridgehead atoms. The van der Waals surface area contributed by atoms with Crippen molar-refractivity contribution in [3.8, 4) is 0 Å². The average molecular weight is 276 g/mol. The first kappa shape index (κ1) is 14.5. The minimum atomic E-state index is 0.0342. The van der Waals surface area contributed by atoms with E-state index in [2.05, 4.69) is 34.7 Å². The second-order valence-corrected chi connectivity index (χ2v) is 5.01. The van der Waals surface area contributed by atoms with E-state index >= 15 is 0 Å². The molecule has 1 heterocycles. The highest BCUT2D eigenvalue weighted by molar-refractivity contribution is 5.52. The highest BCUT2D eigenvalue weighted by Gasteiger charge is 2.06. The van der Waals surface area contributed by atoms with Gasteiger partial charge in [-0.25, -0.2) is 0 Å². The van der Waals surface area contributed by atoms with Gasteiger partial charge in [0.05, 0.1) is 13.2 Å². The number of aliphatic hydroxyl groups is 1. The molecule has 0 aliphatic rings. The first-order valence-electron chi connectivity index (χ1n) is 6.67. The predicted molar refractivity (Wildman–Crippen MR) is 76.5 cm³/mol. The van der Waals surface area contributed by atoms with Gasteiger partial charge in [-0.05, 0) is 30.2 Å². The lowest BCUT2D eigenvalue weighted by Crippen LogP contribution is -2.19. The van der Waals surface area contributed by atoms with Crippen molar-refractivity contribution in [3.63, 3.8) is 0 Å². The van der Waals surface area contributed by atoms with E-state index in [0.29, 0.717) is 24.4 Å². The van der Waals surface area contributed by atoms with Crippen LogP contribution < -0.4 is 10.6 Å². The number of aliphatic hydroxyl groups excluding tert-OH is 1. The summed E-state index contributed by atoms with van der Waals surface area (Å²) < 4.78 is 5.48. The summed E-state index contributed by atoms with van der Waals surface area (Å²) in [7, 11) is 0. The fourth-order valence-electron chi connectivity index (χ4n) is 1.66. The Morgan fingerprint density at radius 2 is 1.95 bits per heavy atom. The second kappa shape index (κ2) is 7.02. The molecule has 0 aliphatic carbocycles. The fourth-order valence-corrected chi connectivity index (χ4v) is 1.66. The van der Waals surface area contributed by atoms with Gasteiger partial charge in [0.25, 0.3) is 0 Å². The van der Waals surface area contributed by atoms with E-state index in [0.717, 1.165) is 17.8 Å². The van der Waals surface area contributed by atoms with E-state index in [4.69, 9.17) is 9.52 Å². The van der Waals surface area contributed by atoms with Crippen molar-refractivity contribution in [1.29, 1.82) is 0 Å². The van der Waals surface area contributed by atoms with E-state index in [9.17, 15) is 0 Å². The first-order valence-corrected chi connectivity index (χ1v) is 6.67. The molecule has 0 aliphatic heterocycles. The normalized spacial score (nSPS) is 11.0. The Labute approximate surface area is 118 Å². The summed E-state index contributed by atoms with van der Waals surface area (Å²) in [6.45, 7) is 5.80. The Morgan fingerprint density at radius 3 is 2.60 bits per heavy atom. The minimum Gasteiger partial charge on any atom is -0.406 e. The van der Waals surface area contributed by atoms with Gasteiger partial charge in [0.1, 0.15) is 0 Å². The average Bonchev–Trinajstić information content (AvgIpc) is 2.87. The Hall–Kier alpha value is -1.92. The number of rotatable bonds is 7. The summed E-state index contributed by atoms with van der Waals surface area (Å²) in [5, 5.41) is 23.1. The van der Waals surface area contributed by atoms with Gasteiger partial charge in [0, 0.05) is 5.69 Å². The van der Waals surface area contributed by atoms with Crippen molar-refractivity contribution in [1.82, 2.24) is 15.5 Å². The lowest BCUT2D eigenvalue weighted by molar-refractivity contribution is 0.282. The summed E-state index contributed by atoms with van der Waals surface area (Å²) in [5.74, 6) is 1.14. The molecule has 2 aromatic rings. The number of nitrogens with one attached hydrogen (secondary N) is 2. The fraction of sp³-hybridized carbons (Fsp3) is 0.429. The molecular formula is C14H20N4O2. The molecule has 0 fully saturated rings. The van der Waals surface area contributed by atoms with Crippen LogP contribution in [0.5, 0.6) is 0 Å². The van der Waals surface area contributed by atoms with Gasteiger partial charge >= 0.3 is 6.01 Å². The third-order valence-corrected chi connectivity index (χ3v) is 2.68. The topological polar surface area (TPSA) is 83.2 Å². The lowest BCUT2D eigenvalue weighted by Gasteiger charge is -2.04. The zero-order chi connectivity index (χ0) is 14.4. The number of hydrogen-bond acceptors (Lipinski definition) is 6. The quantitative estimate of drug-likeness (QED) is 0.718. The Morgan fingerprint density at radius 1 is 1.20 bits per heavy atom. The third-order valence-electron chi connectivity index (χ3n) is 2.68. The van der Waals surface area contributed by atoms with Crippen molar-refractivity contribution in [2.75, 3.05) is 11.9 Å². The van der Waals surface area contributed by atoms with Crippen LogP contribution in [0.1, 0.15) is 25.3 Å². The van der Waals surface area contributed by atoms with Crippen molar-refractivity contribution in [2.24, 2.45) is 5.92 Å². The molecule has 1 aromatic carbocycles. The molecule has 0 spiro atoms. The van der Waals surface area contributed by atoms with Crippen LogP contribution in [-0.2, 0) is 13.2 Å². The molecule has 20 heavy (non-hydrogen) atoms. The molecule has 0 atom stereocenters. The number of hydrogen-bond donors (Lipinski definition) is 3. The first-order chi connectivity index (χ1) is 9.67. The van der Waals surface area contributed by atoms with Crippen molar-refractivity contribution in [2.45, 2.75) is 27.0 Å². The van der Waals surface area contributed by atoms with E-state index < -0.39 is 0 Å². The van der Waals surface area contributed by atoms with Crippen molar-refractivity contribution in [3.05, 3.63) is 35.7 Å². The van der Waals surface area contributed by atoms with Gasteiger partial charge in [-0.1, -0.05) is 31.1 Å². The lowest BCUT2D eigenvalue weighted by atomic mass is 10.2. The Kier molecular flexibility index (Phi) is 5.09. The van der Waals surface area contributed by atoms with Gasteiger partial charge < -0.3 is 20.2 Å². The van der Waals surface area contributed by atoms with Crippen LogP contribution in [0.25, 0.3) is 0 Å². The largest absolute Gasteiger partial charge is 0.406 e. The summed E-state index contributed by atoms with van der Waals surface area (Å²) >= 11 is 0. The van der Waals surface area contributed by atoms with Crippen LogP contribution in [-0.4, -0.2) is 21.8 Å². The summed E-state index contributed by atoms with van der Waals surface area (Å²) in [6, 6.07) is 7.75. The summed E-state index contributed by atoms with van der Waals surface area (Å²) in [5.41, 5.74) is 1.70. The van der Waals surface area contributed by atoms with Gasteiger partial charge in [0.2, 0.25) is 5.89 Å². The van der Waals surface area contributed by atoms with Crippen molar-refractivity contribution >= 4 is 11.7 Å². The van der Waals surface area contributed by atoms with Crippen LogP contribution in [0.3, 0.4) is 0 Å². The molecule has 1 aromatic heterocycles. The Bertz CT molecular complexity index is 522. The smallest absolute Gasteiger partial charge is 0.320 e. The molecule has 6 heteroatoms. The molecule has 6 nitrogen and oxygen atoms in total. The summed E-state index contributed by atoms with van der Waals surface area (Å²) in [6.07, 6.45) is 0. The highest BCUT2D eigenvalue weighted by atomic mass is 16.4. The van der Waals surface area contributed by atoms with Crippen LogP contribution in [0.2, 0.25) is 0 Å². The van der Waals surface area contributed by atoms with Crippen LogP contribution in [0.15, 0.2) is 28.7 Å². The SMILES string of the molecule is CC(C)CNCc1nnc(Nc2ccc(CO)cc2)o1. The third kappa shape index (κ3) is 4.32. The monoisotopic (exact) mass is 276 g/mol. The minimum absolute atomic E-state index is 0.0342. The van der Waals surface area contributed by atoms with Gasteiger partial charge in [-0.2, -0.15) is 0 Å². The molecule has 0 saturated carbocycles. The molecular weight excluding hydrogens is 256 g/mol. The summed E-state index contributed by atoms with van der Waals surface area (Å²) in [4.78, 5) is 0. The van der Waals surface area contributed by atoms with Crippen LogP contribution in [0.4, 0.5) is 11.7 Å². The number of benzene rings is 1. The molecule has 3 N–H and O–H groups in total. The molecule has 0 amide bonds. The molecule has 0 unspecified atom stereocenters. The maximum absolute atomic E-state index is 8.97. The second-order valence-electron chi connectivity index (χ2n) is 5.01. The van der Waals surface area contributed by atoms with Crippen LogP contribution in [0, 0.1) is 5.92 Å². The molecule has 108 valence electrons. The van der Waals surface area contributed by atoms with Gasteiger partial charge in [0.15, 0.2) is 0 Å².